The van der Waals surface area contributed by atoms with Crippen molar-refractivity contribution < 1.29 is 23.6 Å². The van der Waals surface area contributed by atoms with Crippen LogP contribution in [0.5, 0.6) is 0 Å². The Morgan fingerprint density at radius 2 is 2.00 bits per heavy atom. The van der Waals surface area contributed by atoms with Crippen LogP contribution in [0.3, 0.4) is 0 Å². The molecule has 0 saturated heterocycles. The van der Waals surface area contributed by atoms with E-state index < -0.39 is 18.9 Å². The van der Waals surface area contributed by atoms with Gasteiger partial charge < -0.3 is 14.8 Å². The number of hydrogen-bond donors (Lipinski definition) is 2. The molecule has 0 aliphatic carbocycles. The molecule has 5 nitrogen and oxygen atoms in total. The van der Waals surface area contributed by atoms with Gasteiger partial charge in [-0.1, -0.05) is 6.07 Å². The summed E-state index contributed by atoms with van der Waals surface area (Å²) in [6.45, 7) is 1.69. The van der Waals surface area contributed by atoms with E-state index in [2.05, 4.69) is 14.7 Å². The Balaban J connectivity index is 2.68. The lowest BCUT2D eigenvalue weighted by molar-refractivity contribution is -0.234. The molecule has 1 aromatic heterocycles. The Morgan fingerprint density at radius 1 is 1.32 bits per heavy atom. The predicted molar refractivity (Wildman–Crippen MR) is 65.0 cm³/mol. The zero-order chi connectivity index (χ0) is 14.2. The van der Waals surface area contributed by atoms with Crippen molar-refractivity contribution in [3.05, 3.63) is 29.6 Å². The number of halogens is 2. The Kier molecular flexibility index (Phi) is 3.48. The maximum Gasteiger partial charge on any atom is 0.490 e. The normalized spacial score (nSPS) is 11.9. The Labute approximate surface area is 108 Å². The summed E-state index contributed by atoms with van der Waals surface area (Å²) in [6, 6.07) is 3.04. The summed E-state index contributed by atoms with van der Waals surface area (Å²) in [4.78, 5) is 7.58. The molecule has 2 rings (SSSR count). The summed E-state index contributed by atoms with van der Waals surface area (Å²) in [6.07, 6.45) is -2.68. The zero-order valence-corrected chi connectivity index (χ0v) is 10.3. The number of aryl methyl sites for hydroxylation is 1. The number of benzene rings is 1. The summed E-state index contributed by atoms with van der Waals surface area (Å²) >= 11 is 0. The van der Waals surface area contributed by atoms with Crippen LogP contribution in [-0.2, 0) is 10.8 Å². The van der Waals surface area contributed by atoms with E-state index in [0.717, 1.165) is 13.3 Å². The molecule has 0 spiro atoms. The number of aromatic nitrogens is 2. The molecule has 0 bridgehead atoms. The number of ether oxygens (including phenoxy) is 1. The molecule has 8 heteroatoms. The maximum absolute atomic E-state index is 13.3. The van der Waals surface area contributed by atoms with E-state index >= 15 is 0 Å². The van der Waals surface area contributed by atoms with Crippen LogP contribution in [0.15, 0.2) is 18.3 Å². The van der Waals surface area contributed by atoms with E-state index in [1.54, 1.807) is 6.92 Å². The first-order chi connectivity index (χ1) is 8.85. The molecule has 2 aromatic rings. The van der Waals surface area contributed by atoms with E-state index in [4.69, 9.17) is 0 Å². The topological polar surface area (TPSA) is 75.5 Å². The molecular formula is C11H11BF2N2O3. The van der Waals surface area contributed by atoms with Crippen molar-refractivity contribution in [3.63, 3.8) is 0 Å². The van der Waals surface area contributed by atoms with Gasteiger partial charge in [-0.05, 0) is 18.6 Å². The molecular weight excluding hydrogens is 257 g/mol. The highest BCUT2D eigenvalue weighted by Gasteiger charge is 2.34. The fraction of sp³-hybridized carbons (Fsp3) is 0.273. The van der Waals surface area contributed by atoms with Crippen molar-refractivity contribution in [2.24, 2.45) is 0 Å². The highest BCUT2D eigenvalue weighted by Crippen LogP contribution is 2.27. The predicted octanol–water partition coefficient (Wildman–Crippen LogP) is 0.314. The third-order valence-electron chi connectivity index (χ3n) is 2.65. The van der Waals surface area contributed by atoms with Gasteiger partial charge in [-0.15, -0.1) is 0 Å². The molecule has 0 atom stereocenters. The van der Waals surface area contributed by atoms with Gasteiger partial charge in [0, 0.05) is 12.6 Å². The third kappa shape index (κ3) is 2.55. The summed E-state index contributed by atoms with van der Waals surface area (Å²) in [5.74, 6) is 0. The summed E-state index contributed by atoms with van der Waals surface area (Å²) < 4.78 is 30.7. The van der Waals surface area contributed by atoms with Gasteiger partial charge in [0.2, 0.25) is 0 Å². The van der Waals surface area contributed by atoms with Gasteiger partial charge in [0.25, 0.3) is 0 Å². The highest BCUT2D eigenvalue weighted by atomic mass is 19.3. The van der Waals surface area contributed by atoms with Crippen LogP contribution < -0.4 is 5.46 Å². The van der Waals surface area contributed by atoms with Crippen molar-refractivity contribution in [2.75, 3.05) is 7.11 Å². The van der Waals surface area contributed by atoms with Crippen LogP contribution in [0.25, 0.3) is 11.0 Å². The van der Waals surface area contributed by atoms with Crippen LogP contribution >= 0.6 is 0 Å². The molecule has 0 saturated carbocycles. The van der Waals surface area contributed by atoms with Gasteiger partial charge in [-0.25, -0.2) is 4.98 Å². The second kappa shape index (κ2) is 4.80. The quantitative estimate of drug-likeness (QED) is 0.784. The van der Waals surface area contributed by atoms with Crippen molar-refractivity contribution in [3.8, 4) is 0 Å². The second-order valence-electron chi connectivity index (χ2n) is 4.07. The lowest BCUT2D eigenvalue weighted by Crippen LogP contribution is -2.31. The molecule has 0 radical (unpaired) electrons. The summed E-state index contributed by atoms with van der Waals surface area (Å²) in [5, 5.41) is 18.5. The van der Waals surface area contributed by atoms with Crippen molar-refractivity contribution >= 4 is 23.6 Å². The van der Waals surface area contributed by atoms with Crippen LogP contribution in [-0.4, -0.2) is 34.2 Å². The second-order valence-corrected chi connectivity index (χ2v) is 4.07. The maximum atomic E-state index is 13.3. The molecule has 100 valence electrons. The van der Waals surface area contributed by atoms with Crippen LogP contribution in [0.4, 0.5) is 8.78 Å². The number of alkyl halides is 2. The minimum absolute atomic E-state index is 0.120. The van der Waals surface area contributed by atoms with Crippen molar-refractivity contribution in [2.45, 2.75) is 13.0 Å². The molecule has 1 aromatic carbocycles. The van der Waals surface area contributed by atoms with Gasteiger partial charge >= 0.3 is 13.2 Å². The largest absolute Gasteiger partial charge is 0.490 e. The molecule has 0 amide bonds. The van der Waals surface area contributed by atoms with Gasteiger partial charge in [0.05, 0.1) is 17.2 Å². The summed E-state index contributed by atoms with van der Waals surface area (Å²) in [5.41, 5.74) is 0.456. The number of rotatable bonds is 3. The Bertz CT molecular complexity index is 622. The van der Waals surface area contributed by atoms with Crippen LogP contribution in [0.1, 0.15) is 11.3 Å². The number of nitrogens with zero attached hydrogens (tertiary/aromatic N) is 2. The van der Waals surface area contributed by atoms with Crippen LogP contribution in [0, 0.1) is 6.92 Å². The van der Waals surface area contributed by atoms with Gasteiger partial charge in [0.15, 0.2) is 5.69 Å². The van der Waals surface area contributed by atoms with E-state index in [9.17, 15) is 18.8 Å². The molecule has 0 fully saturated rings. The van der Waals surface area contributed by atoms with Gasteiger partial charge in [-0.2, -0.15) is 8.78 Å². The molecule has 0 aliphatic heterocycles. The monoisotopic (exact) mass is 268 g/mol. The minimum atomic E-state index is -3.54. The van der Waals surface area contributed by atoms with E-state index in [-0.39, 0.29) is 16.5 Å². The fourth-order valence-corrected chi connectivity index (χ4v) is 1.74. The highest BCUT2D eigenvalue weighted by molar-refractivity contribution is 6.61. The molecule has 1 heterocycles. The van der Waals surface area contributed by atoms with E-state index in [1.165, 1.54) is 12.1 Å². The first-order valence-electron chi connectivity index (χ1n) is 5.42. The molecule has 19 heavy (non-hydrogen) atoms. The third-order valence-corrected chi connectivity index (χ3v) is 2.65. The average molecular weight is 268 g/mol. The van der Waals surface area contributed by atoms with Crippen LogP contribution in [0.2, 0.25) is 0 Å². The van der Waals surface area contributed by atoms with E-state index in [1.807, 2.05) is 0 Å². The number of hydrogen-bond acceptors (Lipinski definition) is 5. The van der Waals surface area contributed by atoms with Gasteiger partial charge in [0.1, 0.15) is 0 Å². The van der Waals surface area contributed by atoms with Crippen molar-refractivity contribution in [1.82, 2.24) is 9.97 Å². The minimum Gasteiger partial charge on any atom is -0.423 e. The first kappa shape index (κ1) is 13.8. The lowest BCUT2D eigenvalue weighted by Gasteiger charge is -2.14. The molecule has 0 aliphatic rings. The summed E-state index contributed by atoms with van der Waals surface area (Å²) in [7, 11) is -0.879. The van der Waals surface area contributed by atoms with E-state index in [0.29, 0.717) is 5.56 Å². The zero-order valence-electron chi connectivity index (χ0n) is 10.3. The van der Waals surface area contributed by atoms with Gasteiger partial charge in [-0.3, -0.25) is 4.98 Å². The smallest absolute Gasteiger partial charge is 0.423 e. The van der Waals surface area contributed by atoms with Crippen molar-refractivity contribution in [1.29, 1.82) is 0 Å². The molecule has 2 N–H and O–H groups in total. The lowest BCUT2D eigenvalue weighted by atomic mass is 9.78. The average Bonchev–Trinajstić information content (AvgIpc) is 2.36. The number of methoxy groups -OCH3 is 1. The first-order valence-corrected chi connectivity index (χ1v) is 5.42. The Morgan fingerprint density at radius 3 is 2.58 bits per heavy atom. The standard InChI is InChI=1S/C11H11BF2N2O3/c1-6-3-7(12(17)18)10-8(4-6)16-9(5-15-10)11(13,14)19-2/h3-5,17-18H,1-2H3. The fourth-order valence-electron chi connectivity index (χ4n) is 1.74. The Hall–Kier alpha value is -1.64. The SMILES string of the molecule is COC(F)(F)c1cnc2c(B(O)O)cc(C)cc2n1. The number of fused-ring (bicyclic) bond motifs is 1. The molecule has 0 unspecified atom stereocenters.